The fraction of sp³-hybridized carbons (Fsp3) is 0.182. The van der Waals surface area contributed by atoms with Gasteiger partial charge < -0.3 is 5.32 Å². The Morgan fingerprint density at radius 3 is 1.92 bits per heavy atom. The molecule has 0 radical (unpaired) electrons. The van der Waals surface area contributed by atoms with Crippen LogP contribution in [0.25, 0.3) is 0 Å². The molecular formula is C22H22ClN. The Morgan fingerprint density at radius 2 is 1.38 bits per heavy atom. The highest BCUT2D eigenvalue weighted by Crippen LogP contribution is 2.23. The van der Waals surface area contributed by atoms with E-state index in [9.17, 15) is 0 Å². The van der Waals surface area contributed by atoms with Gasteiger partial charge in [-0.05, 0) is 42.2 Å². The number of rotatable bonds is 6. The summed E-state index contributed by atoms with van der Waals surface area (Å²) in [6.07, 6.45) is 0.941. The van der Waals surface area contributed by atoms with Crippen LogP contribution < -0.4 is 5.32 Å². The molecule has 0 bridgehead atoms. The Kier molecular flexibility index (Phi) is 5.68. The minimum Gasteiger partial charge on any atom is -0.303 e. The molecule has 0 heterocycles. The summed E-state index contributed by atoms with van der Waals surface area (Å²) in [6, 6.07) is 29.8. The summed E-state index contributed by atoms with van der Waals surface area (Å²) >= 11 is 6.11. The molecule has 2 heteroatoms. The van der Waals surface area contributed by atoms with E-state index in [1.165, 1.54) is 16.7 Å². The summed E-state index contributed by atoms with van der Waals surface area (Å²) in [5.41, 5.74) is 3.81. The number of hydrogen-bond acceptors (Lipinski definition) is 1. The Morgan fingerprint density at radius 1 is 0.792 bits per heavy atom. The van der Waals surface area contributed by atoms with E-state index in [0.717, 1.165) is 11.4 Å². The number of halogens is 1. The lowest BCUT2D eigenvalue weighted by atomic mass is 9.97. The number of benzene rings is 3. The second-order valence-corrected chi connectivity index (χ2v) is 6.59. The first kappa shape index (κ1) is 16.8. The van der Waals surface area contributed by atoms with Gasteiger partial charge in [0.15, 0.2) is 0 Å². The molecule has 3 aromatic carbocycles. The highest BCUT2D eigenvalue weighted by atomic mass is 35.5. The van der Waals surface area contributed by atoms with Crippen LogP contribution in [0.5, 0.6) is 0 Å². The van der Waals surface area contributed by atoms with Crippen LogP contribution in [-0.2, 0) is 6.42 Å². The summed E-state index contributed by atoms with van der Waals surface area (Å²) < 4.78 is 0. The van der Waals surface area contributed by atoms with Crippen LogP contribution in [0.15, 0.2) is 84.9 Å². The molecule has 1 N–H and O–H groups in total. The molecule has 0 fully saturated rings. The summed E-state index contributed by atoms with van der Waals surface area (Å²) in [6.45, 7) is 2.22. The second kappa shape index (κ2) is 8.14. The van der Waals surface area contributed by atoms with E-state index in [0.29, 0.717) is 6.04 Å². The molecule has 3 aromatic rings. The van der Waals surface area contributed by atoms with Gasteiger partial charge in [0.25, 0.3) is 0 Å². The molecule has 1 unspecified atom stereocenters. The molecular weight excluding hydrogens is 314 g/mol. The van der Waals surface area contributed by atoms with E-state index >= 15 is 0 Å². The van der Waals surface area contributed by atoms with Crippen molar-refractivity contribution in [1.82, 2.24) is 5.32 Å². The van der Waals surface area contributed by atoms with Crippen LogP contribution in [0.3, 0.4) is 0 Å². The van der Waals surface area contributed by atoms with Gasteiger partial charge in [0.05, 0.1) is 6.04 Å². The van der Waals surface area contributed by atoms with Gasteiger partial charge in [-0.2, -0.15) is 0 Å². The van der Waals surface area contributed by atoms with Crippen LogP contribution in [0, 0.1) is 0 Å². The number of nitrogens with one attached hydrogen (secondary N) is 1. The van der Waals surface area contributed by atoms with Crippen LogP contribution in [0.4, 0.5) is 0 Å². The molecule has 3 rings (SSSR count). The summed E-state index contributed by atoms with van der Waals surface area (Å²) in [7, 11) is 0. The van der Waals surface area contributed by atoms with Gasteiger partial charge in [0.1, 0.15) is 0 Å². The molecule has 0 aliphatic rings. The Bertz CT molecular complexity index is 716. The monoisotopic (exact) mass is 335 g/mol. The van der Waals surface area contributed by atoms with Gasteiger partial charge >= 0.3 is 0 Å². The van der Waals surface area contributed by atoms with Crippen molar-refractivity contribution in [3.05, 3.63) is 107 Å². The minimum atomic E-state index is 0.182. The van der Waals surface area contributed by atoms with Crippen molar-refractivity contribution in [3.8, 4) is 0 Å². The largest absolute Gasteiger partial charge is 0.303 e. The van der Waals surface area contributed by atoms with E-state index in [2.05, 4.69) is 79.0 Å². The molecule has 24 heavy (non-hydrogen) atoms. The van der Waals surface area contributed by atoms with Gasteiger partial charge in [-0.15, -0.1) is 0 Å². The molecule has 1 atom stereocenters. The average molecular weight is 336 g/mol. The molecule has 0 aromatic heterocycles. The minimum absolute atomic E-state index is 0.182. The molecule has 122 valence electrons. The first-order valence-electron chi connectivity index (χ1n) is 8.33. The topological polar surface area (TPSA) is 12.0 Å². The van der Waals surface area contributed by atoms with Crippen LogP contribution >= 0.6 is 11.6 Å². The van der Waals surface area contributed by atoms with Crippen molar-refractivity contribution in [2.45, 2.75) is 25.4 Å². The predicted molar refractivity (Wildman–Crippen MR) is 102 cm³/mol. The molecule has 0 saturated heterocycles. The standard InChI is InChI=1S/C22H22ClN/c1-17(15-18-9-8-14-21(23)16-18)24-22(19-10-4-2-5-11-19)20-12-6-3-7-13-20/h2-14,16-17,22,24H,15H2,1H3. The lowest BCUT2D eigenvalue weighted by molar-refractivity contribution is 0.496. The number of hydrogen-bond donors (Lipinski definition) is 1. The van der Waals surface area contributed by atoms with Crippen molar-refractivity contribution in [1.29, 1.82) is 0 Å². The fourth-order valence-electron chi connectivity index (χ4n) is 3.04. The average Bonchev–Trinajstić information content (AvgIpc) is 2.61. The first-order chi connectivity index (χ1) is 11.7. The van der Waals surface area contributed by atoms with E-state index in [1.54, 1.807) is 0 Å². The van der Waals surface area contributed by atoms with Gasteiger partial charge in [0.2, 0.25) is 0 Å². The van der Waals surface area contributed by atoms with Crippen LogP contribution in [0.2, 0.25) is 5.02 Å². The summed E-state index contributed by atoms with van der Waals surface area (Å²) in [5, 5.41) is 4.57. The fourth-order valence-corrected chi connectivity index (χ4v) is 3.25. The maximum absolute atomic E-state index is 6.11. The zero-order chi connectivity index (χ0) is 16.8. The Hall–Kier alpha value is -2.09. The SMILES string of the molecule is CC(Cc1cccc(Cl)c1)NC(c1ccccc1)c1ccccc1. The third-order valence-corrected chi connectivity index (χ3v) is 4.38. The summed E-state index contributed by atoms with van der Waals surface area (Å²) in [4.78, 5) is 0. The highest BCUT2D eigenvalue weighted by Gasteiger charge is 2.16. The van der Waals surface area contributed by atoms with Crippen LogP contribution in [-0.4, -0.2) is 6.04 Å². The second-order valence-electron chi connectivity index (χ2n) is 6.16. The predicted octanol–water partition coefficient (Wildman–Crippen LogP) is 5.65. The molecule has 0 amide bonds. The third kappa shape index (κ3) is 4.47. The van der Waals surface area contributed by atoms with E-state index in [-0.39, 0.29) is 6.04 Å². The molecule has 0 saturated carbocycles. The van der Waals surface area contributed by atoms with Gasteiger partial charge in [0, 0.05) is 11.1 Å². The molecule has 0 spiro atoms. The van der Waals surface area contributed by atoms with E-state index in [4.69, 9.17) is 11.6 Å². The normalized spacial score (nSPS) is 12.3. The van der Waals surface area contributed by atoms with Crippen molar-refractivity contribution in [2.75, 3.05) is 0 Å². The Balaban J connectivity index is 1.79. The zero-order valence-electron chi connectivity index (χ0n) is 13.8. The molecule has 0 aliphatic heterocycles. The Labute approximate surface area is 149 Å². The lowest BCUT2D eigenvalue weighted by Crippen LogP contribution is -2.32. The van der Waals surface area contributed by atoms with Crippen molar-refractivity contribution >= 4 is 11.6 Å². The summed E-state index contributed by atoms with van der Waals surface area (Å²) in [5.74, 6) is 0. The van der Waals surface area contributed by atoms with E-state index in [1.807, 2.05) is 18.2 Å². The van der Waals surface area contributed by atoms with Crippen molar-refractivity contribution < 1.29 is 0 Å². The van der Waals surface area contributed by atoms with Gasteiger partial charge in [-0.3, -0.25) is 0 Å². The first-order valence-corrected chi connectivity index (χ1v) is 8.70. The quantitative estimate of drug-likeness (QED) is 0.613. The van der Waals surface area contributed by atoms with Crippen molar-refractivity contribution in [2.24, 2.45) is 0 Å². The zero-order valence-corrected chi connectivity index (χ0v) is 14.6. The smallest absolute Gasteiger partial charge is 0.0578 e. The maximum Gasteiger partial charge on any atom is 0.0578 e. The highest BCUT2D eigenvalue weighted by molar-refractivity contribution is 6.30. The third-order valence-electron chi connectivity index (χ3n) is 4.15. The molecule has 1 nitrogen and oxygen atoms in total. The van der Waals surface area contributed by atoms with E-state index < -0.39 is 0 Å². The molecule has 0 aliphatic carbocycles. The van der Waals surface area contributed by atoms with Gasteiger partial charge in [-0.1, -0.05) is 84.4 Å². The lowest BCUT2D eigenvalue weighted by Gasteiger charge is -2.24. The van der Waals surface area contributed by atoms with Gasteiger partial charge in [-0.25, -0.2) is 0 Å². The van der Waals surface area contributed by atoms with Crippen LogP contribution in [0.1, 0.15) is 29.7 Å². The van der Waals surface area contributed by atoms with Crippen molar-refractivity contribution in [3.63, 3.8) is 0 Å². The maximum atomic E-state index is 6.11.